The number of rotatable bonds is 8. The molecule has 0 saturated carbocycles. The normalized spacial score (nSPS) is 11.3. The van der Waals surface area contributed by atoms with Crippen LogP contribution in [0.2, 0.25) is 0 Å². The van der Waals surface area contributed by atoms with Crippen LogP contribution in [0.5, 0.6) is 11.5 Å². The standard InChI is InChI=1S/C18H23NO2.C4H4O4/c1-13-5-8-15(9-6-13)16(19-2)11-14-7-10-17(20-3)18(12-14)21-4;5-3(6)1-2-4(7)8/h5-10,12,16,19H,11H2,1-4H3;1-2H,(H,5,6)(H,7,8)/p-2/b;2-1-. The number of hydrogen-bond acceptors (Lipinski definition) is 7. The molecule has 2 aromatic rings. The quantitative estimate of drug-likeness (QED) is 0.646. The Kier molecular flexibility index (Phi) is 9.98. The summed E-state index contributed by atoms with van der Waals surface area (Å²) < 4.78 is 10.6. The van der Waals surface area contributed by atoms with Gasteiger partial charge in [0, 0.05) is 6.04 Å². The van der Waals surface area contributed by atoms with Crippen LogP contribution in [0.15, 0.2) is 54.6 Å². The van der Waals surface area contributed by atoms with Gasteiger partial charge in [-0.15, -0.1) is 0 Å². The summed E-state index contributed by atoms with van der Waals surface area (Å²) in [4.78, 5) is 18.8. The SMILES string of the molecule is CNC(Cc1ccc(OC)c(OC)c1)c1ccc(C)cc1.O=C([O-])/C=C\C(=O)[O-]. The Labute approximate surface area is 170 Å². The van der Waals surface area contributed by atoms with Crippen LogP contribution in [-0.4, -0.2) is 33.2 Å². The van der Waals surface area contributed by atoms with E-state index in [2.05, 4.69) is 42.6 Å². The van der Waals surface area contributed by atoms with Crippen molar-refractivity contribution in [3.8, 4) is 11.5 Å². The van der Waals surface area contributed by atoms with E-state index in [1.165, 1.54) is 16.7 Å². The van der Waals surface area contributed by atoms with Crippen LogP contribution in [0.4, 0.5) is 0 Å². The van der Waals surface area contributed by atoms with Crippen LogP contribution in [0.1, 0.15) is 22.7 Å². The Morgan fingerprint density at radius 3 is 1.97 bits per heavy atom. The highest BCUT2D eigenvalue weighted by atomic mass is 16.5. The van der Waals surface area contributed by atoms with Crippen molar-refractivity contribution in [1.29, 1.82) is 0 Å². The second-order valence-corrected chi connectivity index (χ2v) is 6.12. The van der Waals surface area contributed by atoms with Crippen molar-refractivity contribution in [3.05, 3.63) is 71.3 Å². The van der Waals surface area contributed by atoms with E-state index in [1.807, 2.05) is 19.2 Å². The third kappa shape index (κ3) is 8.49. The zero-order valence-corrected chi connectivity index (χ0v) is 16.9. The summed E-state index contributed by atoms with van der Waals surface area (Å²) in [5.74, 6) is -1.56. The first-order chi connectivity index (χ1) is 13.8. The minimum Gasteiger partial charge on any atom is -0.545 e. The minimum absolute atomic E-state index is 0.281. The Hall–Kier alpha value is -3.32. The molecule has 29 heavy (non-hydrogen) atoms. The van der Waals surface area contributed by atoms with Gasteiger partial charge in [0.15, 0.2) is 11.5 Å². The van der Waals surface area contributed by atoms with Gasteiger partial charge in [-0.05, 0) is 55.8 Å². The lowest BCUT2D eigenvalue weighted by molar-refractivity contribution is -0.301. The van der Waals surface area contributed by atoms with Gasteiger partial charge >= 0.3 is 0 Å². The average Bonchev–Trinajstić information content (AvgIpc) is 2.71. The monoisotopic (exact) mass is 399 g/mol. The number of nitrogens with one attached hydrogen (secondary N) is 1. The van der Waals surface area contributed by atoms with Gasteiger partial charge in [0.05, 0.1) is 26.2 Å². The number of methoxy groups -OCH3 is 2. The molecule has 2 rings (SSSR count). The molecule has 0 heterocycles. The molecule has 0 amide bonds. The van der Waals surface area contributed by atoms with E-state index < -0.39 is 11.9 Å². The topological polar surface area (TPSA) is 111 Å². The summed E-state index contributed by atoms with van der Waals surface area (Å²) in [5.41, 5.74) is 3.78. The Morgan fingerprint density at radius 1 is 0.966 bits per heavy atom. The summed E-state index contributed by atoms with van der Waals surface area (Å²) in [6.07, 6.45) is 1.67. The number of carboxylic acids is 2. The summed E-state index contributed by atoms with van der Waals surface area (Å²) >= 11 is 0. The zero-order chi connectivity index (χ0) is 21.8. The van der Waals surface area contributed by atoms with E-state index in [9.17, 15) is 19.8 Å². The van der Waals surface area contributed by atoms with Gasteiger partial charge in [0.1, 0.15) is 0 Å². The van der Waals surface area contributed by atoms with Crippen molar-refractivity contribution in [2.24, 2.45) is 0 Å². The second-order valence-electron chi connectivity index (χ2n) is 6.12. The molecule has 7 nitrogen and oxygen atoms in total. The number of hydrogen-bond donors (Lipinski definition) is 1. The molecule has 0 radical (unpaired) electrons. The number of ether oxygens (including phenoxy) is 2. The highest BCUT2D eigenvalue weighted by Gasteiger charge is 2.12. The number of carboxylic acid groups (broad SMARTS) is 2. The van der Waals surface area contributed by atoms with E-state index in [0.29, 0.717) is 12.2 Å². The third-order valence-electron chi connectivity index (χ3n) is 4.07. The molecule has 2 aromatic carbocycles. The zero-order valence-electron chi connectivity index (χ0n) is 16.9. The molecule has 0 fully saturated rings. The van der Waals surface area contributed by atoms with Gasteiger partial charge < -0.3 is 34.6 Å². The average molecular weight is 399 g/mol. The van der Waals surface area contributed by atoms with Crippen molar-refractivity contribution >= 4 is 11.9 Å². The van der Waals surface area contributed by atoms with Gasteiger partial charge in [-0.2, -0.15) is 0 Å². The van der Waals surface area contributed by atoms with Crippen LogP contribution in [0.3, 0.4) is 0 Å². The van der Waals surface area contributed by atoms with Crippen LogP contribution in [-0.2, 0) is 16.0 Å². The number of benzene rings is 2. The molecule has 1 atom stereocenters. The van der Waals surface area contributed by atoms with Gasteiger partial charge in [-0.3, -0.25) is 0 Å². The number of carbonyl (C=O) groups is 2. The first-order valence-electron chi connectivity index (χ1n) is 8.85. The second kappa shape index (κ2) is 12.2. The minimum atomic E-state index is -1.55. The van der Waals surface area contributed by atoms with E-state index >= 15 is 0 Å². The summed E-state index contributed by atoms with van der Waals surface area (Å²) in [6.45, 7) is 2.10. The molecule has 0 aromatic heterocycles. The van der Waals surface area contributed by atoms with Crippen molar-refractivity contribution in [1.82, 2.24) is 5.32 Å². The predicted molar refractivity (Wildman–Crippen MR) is 105 cm³/mol. The molecule has 7 heteroatoms. The Morgan fingerprint density at radius 2 is 1.52 bits per heavy atom. The number of aliphatic carboxylic acids is 2. The summed E-state index contributed by atoms with van der Waals surface area (Å²) in [7, 11) is 5.31. The van der Waals surface area contributed by atoms with Gasteiger partial charge in [-0.25, -0.2) is 0 Å². The summed E-state index contributed by atoms with van der Waals surface area (Å²) in [5, 5.41) is 22.2. The molecule has 0 bridgehead atoms. The molecule has 156 valence electrons. The molecular formula is C22H25NO6-2. The highest BCUT2D eigenvalue weighted by Crippen LogP contribution is 2.29. The van der Waals surface area contributed by atoms with E-state index in [0.717, 1.165) is 17.9 Å². The molecule has 1 unspecified atom stereocenters. The lowest BCUT2D eigenvalue weighted by Crippen LogP contribution is -2.23. The molecular weight excluding hydrogens is 374 g/mol. The molecule has 0 aliphatic rings. The van der Waals surface area contributed by atoms with Crippen LogP contribution >= 0.6 is 0 Å². The van der Waals surface area contributed by atoms with E-state index in [4.69, 9.17) is 9.47 Å². The molecule has 0 spiro atoms. The van der Waals surface area contributed by atoms with Crippen LogP contribution < -0.4 is 25.0 Å². The molecule has 0 saturated heterocycles. The maximum absolute atomic E-state index is 9.41. The lowest BCUT2D eigenvalue weighted by atomic mass is 9.98. The van der Waals surface area contributed by atoms with Crippen LogP contribution in [0.25, 0.3) is 0 Å². The first-order valence-corrected chi connectivity index (χ1v) is 8.85. The Bertz CT molecular complexity index is 814. The Balaban J connectivity index is 0.000000447. The van der Waals surface area contributed by atoms with Crippen molar-refractivity contribution in [3.63, 3.8) is 0 Å². The fourth-order valence-corrected chi connectivity index (χ4v) is 2.56. The van der Waals surface area contributed by atoms with E-state index in [-0.39, 0.29) is 6.04 Å². The predicted octanol–water partition coefficient (Wildman–Crippen LogP) is 0.558. The number of carbonyl (C=O) groups excluding carboxylic acids is 2. The third-order valence-corrected chi connectivity index (χ3v) is 4.07. The van der Waals surface area contributed by atoms with Crippen molar-refractivity contribution < 1.29 is 29.3 Å². The van der Waals surface area contributed by atoms with Crippen LogP contribution in [0, 0.1) is 6.92 Å². The largest absolute Gasteiger partial charge is 0.545 e. The molecule has 0 aliphatic heterocycles. The van der Waals surface area contributed by atoms with Gasteiger partial charge in [0.25, 0.3) is 0 Å². The van der Waals surface area contributed by atoms with Gasteiger partial charge in [-0.1, -0.05) is 35.9 Å². The smallest absolute Gasteiger partial charge is 0.160 e. The van der Waals surface area contributed by atoms with E-state index in [1.54, 1.807) is 14.2 Å². The molecule has 0 aliphatic carbocycles. The fraction of sp³-hybridized carbons (Fsp3) is 0.273. The fourth-order valence-electron chi connectivity index (χ4n) is 2.56. The number of likely N-dealkylation sites (N-methyl/N-ethyl adjacent to an activating group) is 1. The maximum atomic E-state index is 9.41. The van der Waals surface area contributed by atoms with Gasteiger partial charge in [0.2, 0.25) is 0 Å². The van der Waals surface area contributed by atoms with Crippen molar-refractivity contribution in [2.45, 2.75) is 19.4 Å². The number of aryl methyl sites for hydroxylation is 1. The maximum Gasteiger partial charge on any atom is 0.160 e. The highest BCUT2D eigenvalue weighted by molar-refractivity contribution is 5.87. The lowest BCUT2D eigenvalue weighted by Gasteiger charge is -2.18. The van der Waals surface area contributed by atoms with Crippen molar-refractivity contribution in [2.75, 3.05) is 21.3 Å². The molecule has 1 N–H and O–H groups in total. The summed E-state index contributed by atoms with van der Waals surface area (Å²) in [6, 6.07) is 15.0. The first kappa shape index (κ1) is 23.7.